The summed E-state index contributed by atoms with van der Waals surface area (Å²) in [6.45, 7) is 1.48. The van der Waals surface area contributed by atoms with Gasteiger partial charge in [0.15, 0.2) is 0 Å². The van der Waals surface area contributed by atoms with Crippen LogP contribution in [0.25, 0.3) is 0 Å². The van der Waals surface area contributed by atoms with Crippen molar-refractivity contribution < 1.29 is 5.11 Å². The van der Waals surface area contributed by atoms with E-state index in [0.717, 1.165) is 18.4 Å². The summed E-state index contributed by atoms with van der Waals surface area (Å²) in [7, 11) is 0. The van der Waals surface area contributed by atoms with Gasteiger partial charge in [-0.25, -0.2) is 0 Å². The maximum atomic E-state index is 8.83. The third-order valence-electron chi connectivity index (χ3n) is 2.83. The number of hydrogen-bond acceptors (Lipinski definition) is 2. The highest BCUT2D eigenvalue weighted by atomic mass is 16.3. The van der Waals surface area contributed by atoms with Crippen molar-refractivity contribution in [3.8, 4) is 0 Å². The summed E-state index contributed by atoms with van der Waals surface area (Å²) in [5.41, 5.74) is 0. The molecule has 1 saturated carbocycles. The lowest BCUT2D eigenvalue weighted by Gasteiger charge is -2.32. The lowest BCUT2D eigenvalue weighted by atomic mass is 9.73. The second kappa shape index (κ2) is 1.96. The molecule has 0 bridgehead atoms. The van der Waals surface area contributed by atoms with Crippen LogP contribution in [-0.4, -0.2) is 24.3 Å². The molecule has 1 heterocycles. The molecule has 3 atom stereocenters. The molecular formula is C7H13NO. The Labute approximate surface area is 55.3 Å². The zero-order valence-electron chi connectivity index (χ0n) is 5.51. The van der Waals surface area contributed by atoms with E-state index in [4.69, 9.17) is 5.11 Å². The molecule has 2 heteroatoms. The molecule has 1 aliphatic heterocycles. The number of nitrogens with one attached hydrogen (secondary N) is 1. The molecule has 2 nitrogen and oxygen atoms in total. The van der Waals surface area contributed by atoms with Gasteiger partial charge in [-0.15, -0.1) is 0 Å². The molecule has 0 aromatic rings. The van der Waals surface area contributed by atoms with E-state index in [1.807, 2.05) is 0 Å². The zero-order chi connectivity index (χ0) is 6.27. The van der Waals surface area contributed by atoms with Crippen molar-refractivity contribution in [2.75, 3.05) is 13.2 Å². The smallest absolute Gasteiger partial charge is 0.0587 e. The highest BCUT2D eigenvalue weighted by molar-refractivity contribution is 4.96. The van der Waals surface area contributed by atoms with Crippen molar-refractivity contribution in [3.05, 3.63) is 0 Å². The van der Waals surface area contributed by atoms with Crippen LogP contribution < -0.4 is 5.32 Å². The number of hydrogen-bond donors (Lipinski definition) is 2. The Hall–Kier alpha value is -0.0800. The van der Waals surface area contributed by atoms with E-state index in [2.05, 4.69) is 5.32 Å². The van der Waals surface area contributed by atoms with Crippen molar-refractivity contribution in [2.45, 2.75) is 18.9 Å². The van der Waals surface area contributed by atoms with E-state index in [1.54, 1.807) is 0 Å². The Morgan fingerprint density at radius 2 is 2.33 bits per heavy atom. The van der Waals surface area contributed by atoms with Crippen molar-refractivity contribution in [2.24, 2.45) is 11.8 Å². The molecule has 0 spiro atoms. The molecule has 2 rings (SSSR count). The molecule has 2 aliphatic rings. The van der Waals surface area contributed by atoms with Crippen molar-refractivity contribution >= 4 is 0 Å². The second-order valence-electron chi connectivity index (χ2n) is 3.20. The van der Waals surface area contributed by atoms with Crippen LogP contribution in [0.1, 0.15) is 12.8 Å². The fourth-order valence-electron chi connectivity index (χ4n) is 2.03. The van der Waals surface area contributed by atoms with Crippen molar-refractivity contribution in [3.63, 3.8) is 0 Å². The first kappa shape index (κ1) is 5.69. The summed E-state index contributed by atoms with van der Waals surface area (Å²) < 4.78 is 0. The summed E-state index contributed by atoms with van der Waals surface area (Å²) in [6.07, 6.45) is 2.72. The van der Waals surface area contributed by atoms with Gasteiger partial charge in [0.05, 0.1) is 6.61 Å². The molecule has 9 heavy (non-hydrogen) atoms. The van der Waals surface area contributed by atoms with Crippen LogP contribution in [0.5, 0.6) is 0 Å². The average Bonchev–Trinajstić information content (AvgIpc) is 2.07. The summed E-state index contributed by atoms with van der Waals surface area (Å²) >= 11 is 0. The van der Waals surface area contributed by atoms with Crippen LogP contribution in [0.15, 0.2) is 0 Å². The largest absolute Gasteiger partial charge is 0.395 e. The highest BCUT2D eigenvalue weighted by Gasteiger charge is 2.41. The molecule has 1 aliphatic carbocycles. The van der Waals surface area contributed by atoms with Crippen LogP contribution in [0.3, 0.4) is 0 Å². The zero-order valence-corrected chi connectivity index (χ0v) is 5.51. The third kappa shape index (κ3) is 0.700. The van der Waals surface area contributed by atoms with Crippen molar-refractivity contribution in [1.82, 2.24) is 5.32 Å². The standard InChI is InChI=1S/C7H13NO/c9-4-7-6-2-1-5(6)3-8-7/h5-9H,1-4H2. The summed E-state index contributed by atoms with van der Waals surface area (Å²) in [5.74, 6) is 1.72. The average molecular weight is 127 g/mol. The molecule has 0 radical (unpaired) electrons. The number of rotatable bonds is 1. The predicted molar refractivity (Wildman–Crippen MR) is 35.1 cm³/mol. The van der Waals surface area contributed by atoms with Gasteiger partial charge >= 0.3 is 0 Å². The maximum Gasteiger partial charge on any atom is 0.0587 e. The molecule has 0 amide bonds. The molecule has 0 aromatic heterocycles. The molecule has 3 unspecified atom stereocenters. The van der Waals surface area contributed by atoms with Gasteiger partial charge in [0.1, 0.15) is 0 Å². The SMILES string of the molecule is OCC1NCC2CCC21. The summed E-state index contributed by atoms with van der Waals surface area (Å²) in [5, 5.41) is 12.1. The van der Waals surface area contributed by atoms with Crippen LogP contribution in [0.4, 0.5) is 0 Å². The minimum atomic E-state index is 0.334. The summed E-state index contributed by atoms with van der Waals surface area (Å²) in [4.78, 5) is 0. The molecule has 0 aromatic carbocycles. The number of fused-ring (bicyclic) bond motifs is 1. The van der Waals surface area contributed by atoms with Gasteiger partial charge in [0.2, 0.25) is 0 Å². The fourth-order valence-corrected chi connectivity index (χ4v) is 2.03. The first-order valence-corrected chi connectivity index (χ1v) is 3.76. The molecule has 2 N–H and O–H groups in total. The fraction of sp³-hybridized carbons (Fsp3) is 1.00. The number of aliphatic hydroxyl groups is 1. The van der Waals surface area contributed by atoms with Crippen LogP contribution in [0.2, 0.25) is 0 Å². The van der Waals surface area contributed by atoms with Gasteiger partial charge in [-0.2, -0.15) is 0 Å². The first-order valence-electron chi connectivity index (χ1n) is 3.76. The Bertz CT molecular complexity index is 113. The summed E-state index contributed by atoms with van der Waals surface area (Å²) in [6, 6.07) is 0.434. The Morgan fingerprint density at radius 1 is 1.44 bits per heavy atom. The Kier molecular flexibility index (Phi) is 1.24. The van der Waals surface area contributed by atoms with Crippen LogP contribution in [0, 0.1) is 11.8 Å². The maximum absolute atomic E-state index is 8.83. The third-order valence-corrected chi connectivity index (χ3v) is 2.83. The highest BCUT2D eigenvalue weighted by Crippen LogP contribution is 2.39. The van der Waals surface area contributed by atoms with E-state index >= 15 is 0 Å². The van der Waals surface area contributed by atoms with E-state index in [-0.39, 0.29) is 0 Å². The quantitative estimate of drug-likeness (QED) is 0.518. The van der Waals surface area contributed by atoms with Gasteiger partial charge in [0, 0.05) is 6.04 Å². The molecule has 1 saturated heterocycles. The van der Waals surface area contributed by atoms with Gasteiger partial charge < -0.3 is 10.4 Å². The molecule has 52 valence electrons. The van der Waals surface area contributed by atoms with E-state index in [0.29, 0.717) is 12.6 Å². The lowest BCUT2D eigenvalue weighted by molar-refractivity contribution is 0.156. The molecule has 2 fully saturated rings. The van der Waals surface area contributed by atoms with Crippen molar-refractivity contribution in [1.29, 1.82) is 0 Å². The molecular weight excluding hydrogens is 114 g/mol. The van der Waals surface area contributed by atoms with Gasteiger partial charge in [-0.3, -0.25) is 0 Å². The minimum absolute atomic E-state index is 0.334. The van der Waals surface area contributed by atoms with Crippen LogP contribution >= 0.6 is 0 Å². The van der Waals surface area contributed by atoms with Crippen LogP contribution in [-0.2, 0) is 0 Å². The number of aliphatic hydroxyl groups excluding tert-OH is 1. The second-order valence-corrected chi connectivity index (χ2v) is 3.20. The first-order chi connectivity index (χ1) is 4.42. The Balaban J connectivity index is 1.97. The van der Waals surface area contributed by atoms with E-state index in [1.165, 1.54) is 12.8 Å². The van der Waals surface area contributed by atoms with E-state index < -0.39 is 0 Å². The Morgan fingerprint density at radius 3 is 2.67 bits per heavy atom. The van der Waals surface area contributed by atoms with Gasteiger partial charge in [-0.1, -0.05) is 0 Å². The van der Waals surface area contributed by atoms with Gasteiger partial charge in [0.25, 0.3) is 0 Å². The minimum Gasteiger partial charge on any atom is -0.395 e. The monoisotopic (exact) mass is 127 g/mol. The lowest BCUT2D eigenvalue weighted by Crippen LogP contribution is -2.34. The van der Waals surface area contributed by atoms with E-state index in [9.17, 15) is 0 Å². The predicted octanol–water partition coefficient (Wildman–Crippen LogP) is -0.0233. The normalized spacial score (nSPS) is 48.3. The van der Waals surface area contributed by atoms with Gasteiger partial charge in [-0.05, 0) is 31.2 Å². The topological polar surface area (TPSA) is 32.3 Å².